The first-order valence-electron chi connectivity index (χ1n) is 5.24. The molecule has 0 fully saturated rings. The summed E-state index contributed by atoms with van der Waals surface area (Å²) in [5.41, 5.74) is 12.3. The monoisotopic (exact) mass is 246 g/mol. The van der Waals surface area contributed by atoms with Crippen LogP contribution in [0.1, 0.15) is 18.2 Å². The molecule has 0 spiro atoms. The maximum Gasteiger partial charge on any atom is 0.203 e. The summed E-state index contributed by atoms with van der Waals surface area (Å²) in [5.74, 6) is 0. The number of aromatic nitrogens is 1. The van der Waals surface area contributed by atoms with Gasteiger partial charge in [-0.05, 0) is 19.9 Å². The Hall–Kier alpha value is -1.88. The molecule has 2 rings (SSSR count). The Labute approximate surface area is 104 Å². The van der Waals surface area contributed by atoms with E-state index in [1.54, 1.807) is 0 Å². The van der Waals surface area contributed by atoms with E-state index >= 15 is 0 Å². The number of thiazole rings is 1. The summed E-state index contributed by atoms with van der Waals surface area (Å²) in [7, 11) is 0. The van der Waals surface area contributed by atoms with Crippen molar-refractivity contribution in [2.45, 2.75) is 13.8 Å². The highest BCUT2D eigenvalue weighted by Crippen LogP contribution is 2.16. The quantitative estimate of drug-likeness (QED) is 0.497. The van der Waals surface area contributed by atoms with Gasteiger partial charge in [-0.25, -0.2) is 4.98 Å². The number of hydrogen-bond donors (Lipinski definition) is 2. The third-order valence-electron chi connectivity index (χ3n) is 2.29. The molecular weight excluding hydrogens is 232 g/mol. The standard InChI is InChI=1S/C12H14N4S/c1-8-7-17-12(14-8)16-15-9(2)10-5-3-4-6-11(10)13/h3-7H,13H2,1-2H3,(H,14,16)/b15-9-. The van der Waals surface area contributed by atoms with Gasteiger partial charge in [-0.3, -0.25) is 5.43 Å². The maximum absolute atomic E-state index is 5.87. The molecule has 1 aromatic heterocycles. The van der Waals surface area contributed by atoms with Crippen LogP contribution < -0.4 is 11.2 Å². The van der Waals surface area contributed by atoms with Crippen molar-refractivity contribution in [1.82, 2.24) is 4.98 Å². The Kier molecular flexibility index (Phi) is 3.39. The molecule has 0 radical (unpaired) electrons. The Morgan fingerprint density at radius 2 is 2.18 bits per heavy atom. The predicted octanol–water partition coefficient (Wildman–Crippen LogP) is 2.87. The smallest absolute Gasteiger partial charge is 0.203 e. The van der Waals surface area contributed by atoms with Crippen molar-refractivity contribution in [3.63, 3.8) is 0 Å². The van der Waals surface area contributed by atoms with E-state index in [2.05, 4.69) is 15.5 Å². The molecule has 0 saturated heterocycles. The fourth-order valence-corrected chi connectivity index (χ4v) is 2.05. The van der Waals surface area contributed by atoms with Gasteiger partial charge in [-0.15, -0.1) is 11.3 Å². The lowest BCUT2D eigenvalue weighted by atomic mass is 10.1. The second-order valence-corrected chi connectivity index (χ2v) is 4.55. The zero-order chi connectivity index (χ0) is 12.3. The van der Waals surface area contributed by atoms with Crippen LogP contribution in [0.15, 0.2) is 34.7 Å². The number of nitrogens with two attached hydrogens (primary N) is 1. The number of para-hydroxylation sites is 1. The molecule has 1 aromatic carbocycles. The third-order valence-corrected chi connectivity index (χ3v) is 3.15. The molecule has 0 aliphatic carbocycles. The molecule has 0 bridgehead atoms. The number of aryl methyl sites for hydroxylation is 1. The van der Waals surface area contributed by atoms with Crippen LogP contribution in [0, 0.1) is 6.92 Å². The summed E-state index contributed by atoms with van der Waals surface area (Å²) in [6.45, 7) is 3.87. The van der Waals surface area contributed by atoms with Gasteiger partial charge in [-0.1, -0.05) is 18.2 Å². The molecule has 0 unspecified atom stereocenters. The van der Waals surface area contributed by atoms with Crippen LogP contribution >= 0.6 is 11.3 Å². The molecule has 0 atom stereocenters. The molecule has 3 N–H and O–H groups in total. The SMILES string of the molecule is C/C(=N/Nc1nc(C)cs1)c1ccccc1N. The first-order valence-corrected chi connectivity index (χ1v) is 6.12. The topological polar surface area (TPSA) is 63.3 Å². The average Bonchev–Trinajstić information content (AvgIpc) is 2.73. The van der Waals surface area contributed by atoms with Gasteiger partial charge in [0.2, 0.25) is 5.13 Å². The normalized spacial score (nSPS) is 11.5. The molecule has 88 valence electrons. The molecule has 0 aliphatic heterocycles. The van der Waals surface area contributed by atoms with E-state index in [1.165, 1.54) is 11.3 Å². The number of nitrogens with one attached hydrogen (secondary N) is 1. The van der Waals surface area contributed by atoms with Crippen LogP contribution in [0.3, 0.4) is 0 Å². The molecule has 17 heavy (non-hydrogen) atoms. The molecule has 1 heterocycles. The van der Waals surface area contributed by atoms with Crippen LogP contribution in [0.5, 0.6) is 0 Å². The molecule has 2 aromatic rings. The van der Waals surface area contributed by atoms with Crippen molar-refractivity contribution in [1.29, 1.82) is 0 Å². The summed E-state index contributed by atoms with van der Waals surface area (Å²) >= 11 is 1.53. The van der Waals surface area contributed by atoms with Gasteiger partial charge >= 0.3 is 0 Å². The van der Waals surface area contributed by atoms with E-state index in [-0.39, 0.29) is 0 Å². The highest BCUT2D eigenvalue weighted by Gasteiger charge is 2.02. The number of hydrazone groups is 1. The zero-order valence-corrected chi connectivity index (χ0v) is 10.6. The second kappa shape index (κ2) is 4.97. The van der Waals surface area contributed by atoms with Crippen molar-refractivity contribution < 1.29 is 0 Å². The lowest BCUT2D eigenvalue weighted by Gasteiger charge is -2.04. The fourth-order valence-electron chi connectivity index (χ4n) is 1.42. The number of hydrogen-bond acceptors (Lipinski definition) is 5. The van der Waals surface area contributed by atoms with Crippen LogP contribution in [0.25, 0.3) is 0 Å². The van der Waals surface area contributed by atoms with E-state index in [1.807, 2.05) is 43.5 Å². The summed E-state index contributed by atoms with van der Waals surface area (Å²) in [5, 5.41) is 7.04. The van der Waals surface area contributed by atoms with Gasteiger partial charge in [0, 0.05) is 16.6 Å². The van der Waals surface area contributed by atoms with Crippen molar-refractivity contribution in [3.8, 4) is 0 Å². The minimum absolute atomic E-state index is 0.728. The molecule has 0 aliphatic rings. The predicted molar refractivity (Wildman–Crippen MR) is 73.5 cm³/mol. The third kappa shape index (κ3) is 2.82. The summed E-state index contributed by atoms with van der Waals surface area (Å²) in [6, 6.07) is 7.66. The second-order valence-electron chi connectivity index (χ2n) is 3.69. The van der Waals surface area contributed by atoms with E-state index in [0.717, 1.165) is 27.8 Å². The summed E-state index contributed by atoms with van der Waals surface area (Å²) in [4.78, 5) is 4.27. The van der Waals surface area contributed by atoms with Gasteiger partial charge in [-0.2, -0.15) is 5.10 Å². The van der Waals surface area contributed by atoms with E-state index in [4.69, 9.17) is 5.73 Å². The molecule has 0 amide bonds. The number of anilines is 2. The van der Waals surface area contributed by atoms with Crippen LogP contribution in [0.4, 0.5) is 10.8 Å². The average molecular weight is 246 g/mol. The highest BCUT2D eigenvalue weighted by atomic mass is 32.1. The fraction of sp³-hybridized carbons (Fsp3) is 0.167. The van der Waals surface area contributed by atoms with Crippen molar-refractivity contribution in [2.24, 2.45) is 5.10 Å². The number of rotatable bonds is 3. The van der Waals surface area contributed by atoms with E-state index in [0.29, 0.717) is 0 Å². The summed E-state index contributed by atoms with van der Waals surface area (Å²) in [6.07, 6.45) is 0. The lowest BCUT2D eigenvalue weighted by Crippen LogP contribution is -2.03. The summed E-state index contributed by atoms with van der Waals surface area (Å²) < 4.78 is 0. The number of nitrogens with zero attached hydrogens (tertiary/aromatic N) is 2. The molecule has 4 nitrogen and oxygen atoms in total. The van der Waals surface area contributed by atoms with Crippen molar-refractivity contribution in [3.05, 3.63) is 40.9 Å². The first kappa shape index (κ1) is 11.6. The molecule has 5 heteroatoms. The molecular formula is C12H14N4S. The van der Waals surface area contributed by atoms with Gasteiger partial charge in [0.25, 0.3) is 0 Å². The Bertz CT molecular complexity index is 545. The Morgan fingerprint density at radius 3 is 2.82 bits per heavy atom. The number of nitrogen functional groups attached to an aromatic ring is 1. The van der Waals surface area contributed by atoms with E-state index < -0.39 is 0 Å². The van der Waals surface area contributed by atoms with Crippen LogP contribution in [0.2, 0.25) is 0 Å². The van der Waals surface area contributed by atoms with Crippen LogP contribution in [-0.2, 0) is 0 Å². The number of benzene rings is 1. The minimum atomic E-state index is 0.728. The van der Waals surface area contributed by atoms with Gasteiger partial charge in [0.15, 0.2) is 0 Å². The Morgan fingerprint density at radius 1 is 1.41 bits per heavy atom. The van der Waals surface area contributed by atoms with Gasteiger partial charge in [0.1, 0.15) is 0 Å². The largest absolute Gasteiger partial charge is 0.398 e. The van der Waals surface area contributed by atoms with Crippen molar-refractivity contribution in [2.75, 3.05) is 11.2 Å². The highest BCUT2D eigenvalue weighted by molar-refractivity contribution is 7.13. The van der Waals surface area contributed by atoms with Crippen LogP contribution in [-0.4, -0.2) is 10.7 Å². The van der Waals surface area contributed by atoms with E-state index in [9.17, 15) is 0 Å². The van der Waals surface area contributed by atoms with Gasteiger partial charge in [0.05, 0.1) is 11.4 Å². The zero-order valence-electron chi connectivity index (χ0n) is 9.77. The van der Waals surface area contributed by atoms with Crippen molar-refractivity contribution >= 4 is 27.9 Å². The lowest BCUT2D eigenvalue weighted by molar-refractivity contribution is 1.21. The Balaban J connectivity index is 2.15. The minimum Gasteiger partial charge on any atom is -0.398 e. The van der Waals surface area contributed by atoms with Gasteiger partial charge < -0.3 is 5.73 Å². The molecule has 0 saturated carbocycles. The first-order chi connectivity index (χ1) is 8.16. The maximum atomic E-state index is 5.87.